The number of thioether (sulfide) groups is 1. The van der Waals surface area contributed by atoms with Crippen molar-refractivity contribution in [1.29, 1.82) is 0 Å². The lowest BCUT2D eigenvalue weighted by Gasteiger charge is -2.31. The Morgan fingerprint density at radius 3 is 3.05 bits per heavy atom. The Labute approximate surface area is 117 Å². The lowest BCUT2D eigenvalue weighted by molar-refractivity contribution is -0.133. The number of carboxylic acids is 1. The second kappa shape index (κ2) is 6.23. The van der Waals surface area contributed by atoms with Crippen LogP contribution in [0.2, 0.25) is 0 Å². The van der Waals surface area contributed by atoms with Crippen LogP contribution in [0.5, 0.6) is 0 Å². The molecule has 1 aromatic heterocycles. The van der Waals surface area contributed by atoms with Crippen molar-refractivity contribution in [3.8, 4) is 0 Å². The van der Waals surface area contributed by atoms with Crippen LogP contribution in [0, 0.1) is 12.8 Å². The van der Waals surface area contributed by atoms with Crippen molar-refractivity contribution in [2.24, 2.45) is 5.92 Å². The number of hydrogen-bond donors (Lipinski definition) is 1. The Balaban J connectivity index is 2.13. The maximum Gasteiger partial charge on any atom is 0.313 e. The van der Waals surface area contributed by atoms with E-state index in [1.807, 2.05) is 13.0 Å². The summed E-state index contributed by atoms with van der Waals surface area (Å²) in [5, 5.41) is 9.46. The molecule has 1 aromatic rings. The van der Waals surface area contributed by atoms with Gasteiger partial charge in [-0.05, 0) is 31.7 Å². The van der Waals surface area contributed by atoms with Gasteiger partial charge >= 0.3 is 5.97 Å². The second-order valence-electron chi connectivity index (χ2n) is 5.02. The molecule has 19 heavy (non-hydrogen) atoms. The van der Waals surface area contributed by atoms with Gasteiger partial charge in [0, 0.05) is 18.8 Å². The molecule has 1 aliphatic heterocycles. The van der Waals surface area contributed by atoms with Gasteiger partial charge < -0.3 is 10.0 Å². The quantitative estimate of drug-likeness (QED) is 0.674. The average Bonchev–Trinajstić information content (AvgIpc) is 2.36. The standard InChI is InChI=1S/C13H19N3O2S/c1-9-4-3-5-16(7-9)13-14-10(2)6-11(15-13)19-8-12(17)18/h6,9H,3-5,7-8H2,1-2H3,(H,17,18). The van der Waals surface area contributed by atoms with E-state index in [0.717, 1.165) is 36.2 Å². The number of anilines is 1. The van der Waals surface area contributed by atoms with Gasteiger partial charge in [0.25, 0.3) is 0 Å². The summed E-state index contributed by atoms with van der Waals surface area (Å²) in [7, 11) is 0. The van der Waals surface area contributed by atoms with E-state index in [0.29, 0.717) is 5.92 Å². The number of carboxylic acid groups (broad SMARTS) is 1. The first-order valence-corrected chi connectivity index (χ1v) is 7.48. The Kier molecular flexibility index (Phi) is 4.63. The molecular weight excluding hydrogens is 262 g/mol. The summed E-state index contributed by atoms with van der Waals surface area (Å²) in [5.74, 6) is 0.605. The van der Waals surface area contributed by atoms with Gasteiger partial charge in [0.1, 0.15) is 5.03 Å². The highest BCUT2D eigenvalue weighted by molar-refractivity contribution is 7.99. The predicted molar refractivity (Wildman–Crippen MR) is 75.7 cm³/mol. The molecular formula is C13H19N3O2S. The van der Waals surface area contributed by atoms with Crippen LogP contribution in [0.3, 0.4) is 0 Å². The third kappa shape index (κ3) is 4.09. The molecule has 0 amide bonds. The van der Waals surface area contributed by atoms with Gasteiger partial charge in [0.05, 0.1) is 5.75 Å². The van der Waals surface area contributed by atoms with Crippen LogP contribution >= 0.6 is 11.8 Å². The third-order valence-electron chi connectivity index (χ3n) is 3.10. The summed E-state index contributed by atoms with van der Waals surface area (Å²) < 4.78 is 0. The van der Waals surface area contributed by atoms with Crippen LogP contribution < -0.4 is 4.90 Å². The lowest BCUT2D eigenvalue weighted by Crippen LogP contribution is -2.35. The van der Waals surface area contributed by atoms with Crippen molar-refractivity contribution in [3.63, 3.8) is 0 Å². The van der Waals surface area contributed by atoms with E-state index in [2.05, 4.69) is 21.8 Å². The van der Waals surface area contributed by atoms with E-state index in [1.54, 1.807) is 0 Å². The molecule has 0 aliphatic carbocycles. The molecule has 1 aliphatic rings. The second-order valence-corrected chi connectivity index (χ2v) is 6.02. The zero-order chi connectivity index (χ0) is 13.8. The predicted octanol–water partition coefficient (Wildman–Crippen LogP) is 2.20. The van der Waals surface area contributed by atoms with Crippen LogP contribution in [-0.4, -0.2) is 39.9 Å². The molecule has 1 N–H and O–H groups in total. The van der Waals surface area contributed by atoms with E-state index in [4.69, 9.17) is 5.11 Å². The smallest absolute Gasteiger partial charge is 0.313 e. The maximum atomic E-state index is 10.6. The first kappa shape index (κ1) is 14.1. The highest BCUT2D eigenvalue weighted by Crippen LogP contribution is 2.23. The molecule has 1 fully saturated rings. The average molecular weight is 281 g/mol. The number of hydrogen-bond acceptors (Lipinski definition) is 5. The zero-order valence-corrected chi connectivity index (χ0v) is 12.1. The molecule has 5 nitrogen and oxygen atoms in total. The molecule has 1 unspecified atom stereocenters. The van der Waals surface area contributed by atoms with Gasteiger partial charge in [-0.2, -0.15) is 0 Å². The fraction of sp³-hybridized carbons (Fsp3) is 0.615. The molecule has 1 saturated heterocycles. The molecule has 6 heteroatoms. The molecule has 0 radical (unpaired) electrons. The molecule has 1 atom stereocenters. The minimum absolute atomic E-state index is 0.0340. The van der Waals surface area contributed by atoms with Gasteiger partial charge in [-0.1, -0.05) is 18.7 Å². The van der Waals surface area contributed by atoms with Gasteiger partial charge in [0.15, 0.2) is 0 Å². The third-order valence-corrected chi connectivity index (χ3v) is 4.00. The largest absolute Gasteiger partial charge is 0.481 e. The SMILES string of the molecule is Cc1cc(SCC(=O)O)nc(N2CCCC(C)C2)n1. The maximum absolute atomic E-state index is 10.6. The Hall–Kier alpha value is -1.30. The number of carbonyl (C=O) groups is 1. The monoisotopic (exact) mass is 281 g/mol. The Morgan fingerprint density at radius 1 is 1.58 bits per heavy atom. The normalized spacial score (nSPS) is 19.5. The molecule has 0 saturated carbocycles. The molecule has 2 heterocycles. The summed E-state index contributed by atoms with van der Waals surface area (Å²) in [4.78, 5) is 21.8. The van der Waals surface area contributed by atoms with Crippen molar-refractivity contribution in [1.82, 2.24) is 9.97 Å². The first-order valence-electron chi connectivity index (χ1n) is 6.50. The van der Waals surface area contributed by atoms with Crippen LogP contribution in [0.15, 0.2) is 11.1 Å². The summed E-state index contributed by atoms with van der Waals surface area (Å²) in [6, 6.07) is 1.84. The fourth-order valence-corrected chi connectivity index (χ4v) is 2.92. The molecule has 0 bridgehead atoms. The van der Waals surface area contributed by atoms with Gasteiger partial charge in [-0.25, -0.2) is 9.97 Å². The van der Waals surface area contributed by atoms with E-state index in [9.17, 15) is 4.79 Å². The molecule has 2 rings (SSSR count). The molecule has 104 valence electrons. The highest BCUT2D eigenvalue weighted by atomic mass is 32.2. The zero-order valence-electron chi connectivity index (χ0n) is 11.3. The summed E-state index contributed by atoms with van der Waals surface area (Å²) in [5.41, 5.74) is 0.885. The topological polar surface area (TPSA) is 66.3 Å². The minimum atomic E-state index is -0.825. The summed E-state index contributed by atoms with van der Waals surface area (Å²) >= 11 is 1.24. The van der Waals surface area contributed by atoms with Crippen molar-refractivity contribution in [3.05, 3.63) is 11.8 Å². The van der Waals surface area contributed by atoms with Crippen molar-refractivity contribution in [2.75, 3.05) is 23.7 Å². The highest BCUT2D eigenvalue weighted by Gasteiger charge is 2.19. The Bertz CT molecular complexity index is 467. The Morgan fingerprint density at radius 2 is 2.37 bits per heavy atom. The van der Waals surface area contributed by atoms with Crippen LogP contribution in [-0.2, 0) is 4.79 Å². The lowest BCUT2D eigenvalue weighted by atomic mass is 10.0. The van der Waals surface area contributed by atoms with E-state index >= 15 is 0 Å². The van der Waals surface area contributed by atoms with Gasteiger partial charge in [-0.3, -0.25) is 4.79 Å². The number of aryl methyl sites for hydroxylation is 1. The molecule has 0 aromatic carbocycles. The summed E-state index contributed by atoms with van der Waals surface area (Å²) in [6.45, 7) is 6.12. The number of rotatable bonds is 4. The van der Waals surface area contributed by atoms with E-state index in [1.165, 1.54) is 18.2 Å². The van der Waals surface area contributed by atoms with Gasteiger partial charge in [-0.15, -0.1) is 0 Å². The number of nitrogens with zero attached hydrogens (tertiary/aromatic N) is 3. The van der Waals surface area contributed by atoms with Crippen molar-refractivity contribution in [2.45, 2.75) is 31.7 Å². The minimum Gasteiger partial charge on any atom is -0.481 e. The fourth-order valence-electron chi connectivity index (χ4n) is 2.25. The van der Waals surface area contributed by atoms with E-state index < -0.39 is 5.97 Å². The van der Waals surface area contributed by atoms with Crippen LogP contribution in [0.4, 0.5) is 5.95 Å². The number of aliphatic carboxylic acids is 1. The van der Waals surface area contributed by atoms with Gasteiger partial charge in [0.2, 0.25) is 5.95 Å². The van der Waals surface area contributed by atoms with E-state index in [-0.39, 0.29) is 5.75 Å². The number of aromatic nitrogens is 2. The van der Waals surface area contributed by atoms with Crippen LogP contribution in [0.25, 0.3) is 0 Å². The van der Waals surface area contributed by atoms with Crippen LogP contribution in [0.1, 0.15) is 25.5 Å². The summed E-state index contributed by atoms with van der Waals surface area (Å²) in [6.07, 6.45) is 2.42. The van der Waals surface area contributed by atoms with Crippen molar-refractivity contribution < 1.29 is 9.90 Å². The molecule has 0 spiro atoms. The first-order chi connectivity index (χ1) is 9.04. The number of piperidine rings is 1. The van der Waals surface area contributed by atoms with Crippen molar-refractivity contribution >= 4 is 23.7 Å².